The summed E-state index contributed by atoms with van der Waals surface area (Å²) in [6, 6.07) is 3.25. The van der Waals surface area contributed by atoms with Gasteiger partial charge in [0.05, 0.1) is 0 Å². The van der Waals surface area contributed by atoms with E-state index in [0.29, 0.717) is 23.7 Å². The van der Waals surface area contributed by atoms with Crippen LogP contribution in [0, 0.1) is 5.92 Å². The van der Waals surface area contributed by atoms with Crippen molar-refractivity contribution in [1.29, 1.82) is 0 Å². The molecule has 6 heteroatoms. The third kappa shape index (κ3) is 5.30. The van der Waals surface area contributed by atoms with Crippen molar-refractivity contribution in [1.82, 2.24) is 20.1 Å². The Balaban J connectivity index is 1.95. The van der Waals surface area contributed by atoms with E-state index in [-0.39, 0.29) is 11.8 Å². The van der Waals surface area contributed by atoms with Crippen molar-refractivity contribution in [3.8, 4) is 0 Å². The van der Waals surface area contributed by atoms with Crippen molar-refractivity contribution >= 4 is 11.8 Å². The molecular weight excluding hydrogens is 304 g/mol. The molecule has 1 aromatic heterocycles. The molecule has 1 saturated heterocycles. The summed E-state index contributed by atoms with van der Waals surface area (Å²) < 4.78 is 0. The number of hydrogen-bond donors (Lipinski definition) is 1. The van der Waals surface area contributed by atoms with E-state index in [9.17, 15) is 9.59 Å². The molecule has 2 rings (SSSR count). The Bertz CT molecular complexity index is 574. The van der Waals surface area contributed by atoms with Crippen LogP contribution in [-0.2, 0) is 0 Å². The first kappa shape index (κ1) is 18.4. The van der Waals surface area contributed by atoms with Gasteiger partial charge in [0, 0.05) is 31.4 Å². The van der Waals surface area contributed by atoms with Gasteiger partial charge in [-0.15, -0.1) is 0 Å². The number of carbonyl (C=O) groups excluding carboxylic acids is 2. The number of piperidine rings is 1. The Hall–Kier alpha value is -1.95. The molecule has 6 nitrogen and oxygen atoms in total. The van der Waals surface area contributed by atoms with Gasteiger partial charge < -0.3 is 15.1 Å². The lowest BCUT2D eigenvalue weighted by Gasteiger charge is -2.30. The van der Waals surface area contributed by atoms with E-state index < -0.39 is 0 Å². The molecule has 0 saturated carbocycles. The molecule has 132 valence electrons. The number of pyridine rings is 1. The highest BCUT2D eigenvalue weighted by Crippen LogP contribution is 2.17. The van der Waals surface area contributed by atoms with Gasteiger partial charge in [0.25, 0.3) is 11.8 Å². The van der Waals surface area contributed by atoms with E-state index in [4.69, 9.17) is 0 Å². The first-order valence-corrected chi connectivity index (χ1v) is 8.65. The van der Waals surface area contributed by atoms with E-state index in [0.717, 1.165) is 38.9 Å². The van der Waals surface area contributed by atoms with Crippen molar-refractivity contribution in [2.24, 2.45) is 5.92 Å². The highest BCUT2D eigenvalue weighted by Gasteiger charge is 2.23. The zero-order valence-corrected chi connectivity index (χ0v) is 14.9. The van der Waals surface area contributed by atoms with Crippen molar-refractivity contribution in [2.75, 3.05) is 40.3 Å². The molecular formula is C18H28N4O2. The maximum atomic E-state index is 12.6. The second-order valence-electron chi connectivity index (χ2n) is 6.84. The number of likely N-dealkylation sites (tertiary alicyclic amines) is 1. The first-order valence-electron chi connectivity index (χ1n) is 8.65. The van der Waals surface area contributed by atoms with Gasteiger partial charge in [0.15, 0.2) is 0 Å². The summed E-state index contributed by atoms with van der Waals surface area (Å²) in [7, 11) is 4.01. The van der Waals surface area contributed by atoms with E-state index in [1.165, 1.54) is 6.20 Å². The summed E-state index contributed by atoms with van der Waals surface area (Å²) in [6.07, 6.45) is 4.61. The predicted octanol–water partition coefficient (Wildman–Crippen LogP) is 1.64. The van der Waals surface area contributed by atoms with Crippen LogP contribution in [0.1, 0.15) is 47.0 Å². The zero-order valence-electron chi connectivity index (χ0n) is 14.9. The van der Waals surface area contributed by atoms with Crippen molar-refractivity contribution in [3.05, 3.63) is 29.6 Å². The Kier molecular flexibility index (Phi) is 6.73. The van der Waals surface area contributed by atoms with E-state index >= 15 is 0 Å². The van der Waals surface area contributed by atoms with Gasteiger partial charge in [-0.05, 0) is 58.0 Å². The average molecular weight is 332 g/mol. The van der Waals surface area contributed by atoms with Gasteiger partial charge in [-0.2, -0.15) is 0 Å². The normalized spacial score (nSPS) is 17.8. The summed E-state index contributed by atoms with van der Waals surface area (Å²) in [5, 5.41) is 2.89. The van der Waals surface area contributed by atoms with Crippen LogP contribution in [0.25, 0.3) is 0 Å². The van der Waals surface area contributed by atoms with Crippen LogP contribution >= 0.6 is 0 Å². The minimum absolute atomic E-state index is 0.0798. The maximum Gasteiger partial charge on any atom is 0.272 e. The third-order valence-electron chi connectivity index (χ3n) is 4.25. The van der Waals surface area contributed by atoms with Crippen LogP contribution in [0.15, 0.2) is 18.3 Å². The molecule has 1 fully saturated rings. The molecule has 0 radical (unpaired) electrons. The number of rotatable bonds is 6. The lowest BCUT2D eigenvalue weighted by Crippen LogP contribution is -2.39. The van der Waals surface area contributed by atoms with Gasteiger partial charge in [-0.25, -0.2) is 0 Å². The molecule has 2 heterocycles. The van der Waals surface area contributed by atoms with Crippen LogP contribution in [0.5, 0.6) is 0 Å². The zero-order chi connectivity index (χ0) is 17.5. The minimum Gasteiger partial charge on any atom is -0.352 e. The fraction of sp³-hybridized carbons (Fsp3) is 0.611. The molecule has 1 aromatic rings. The van der Waals surface area contributed by atoms with Crippen molar-refractivity contribution < 1.29 is 9.59 Å². The van der Waals surface area contributed by atoms with E-state index in [1.807, 2.05) is 19.0 Å². The second kappa shape index (κ2) is 8.78. The average Bonchev–Trinajstić information content (AvgIpc) is 2.58. The molecule has 1 atom stereocenters. The molecule has 0 aromatic carbocycles. The van der Waals surface area contributed by atoms with E-state index in [2.05, 4.69) is 22.1 Å². The lowest BCUT2D eigenvalue weighted by atomic mass is 10.00. The Morgan fingerprint density at radius 1 is 1.42 bits per heavy atom. The SMILES string of the molecule is CC1CCCN(C(=O)c2cc(C(=O)NCCCN(C)C)ccn2)C1. The lowest BCUT2D eigenvalue weighted by molar-refractivity contribution is 0.0677. The van der Waals surface area contributed by atoms with Gasteiger partial charge >= 0.3 is 0 Å². The number of nitrogens with one attached hydrogen (secondary N) is 1. The summed E-state index contributed by atoms with van der Waals surface area (Å²) >= 11 is 0. The smallest absolute Gasteiger partial charge is 0.272 e. The molecule has 0 bridgehead atoms. The van der Waals surface area contributed by atoms with Gasteiger partial charge in [-0.3, -0.25) is 14.6 Å². The van der Waals surface area contributed by atoms with Crippen molar-refractivity contribution in [2.45, 2.75) is 26.2 Å². The van der Waals surface area contributed by atoms with Crippen LogP contribution in [-0.4, -0.2) is 66.9 Å². The molecule has 1 unspecified atom stereocenters. The summed E-state index contributed by atoms with van der Waals surface area (Å²) in [5.41, 5.74) is 0.841. The molecule has 1 aliphatic heterocycles. The molecule has 0 aliphatic carbocycles. The number of aromatic nitrogens is 1. The van der Waals surface area contributed by atoms with Gasteiger partial charge in [0.2, 0.25) is 0 Å². The molecule has 0 spiro atoms. The summed E-state index contributed by atoms with van der Waals surface area (Å²) in [4.78, 5) is 32.9. The van der Waals surface area contributed by atoms with Crippen LogP contribution < -0.4 is 5.32 Å². The Morgan fingerprint density at radius 3 is 2.92 bits per heavy atom. The fourth-order valence-corrected chi connectivity index (χ4v) is 2.92. The van der Waals surface area contributed by atoms with Gasteiger partial charge in [0.1, 0.15) is 5.69 Å². The molecule has 1 N–H and O–H groups in total. The minimum atomic E-state index is -0.155. The first-order chi connectivity index (χ1) is 11.5. The van der Waals surface area contributed by atoms with Crippen LogP contribution in [0.3, 0.4) is 0 Å². The Morgan fingerprint density at radius 2 is 2.21 bits per heavy atom. The fourth-order valence-electron chi connectivity index (χ4n) is 2.92. The predicted molar refractivity (Wildman–Crippen MR) is 94.0 cm³/mol. The summed E-state index contributed by atoms with van der Waals surface area (Å²) in [6.45, 7) is 5.23. The second-order valence-corrected chi connectivity index (χ2v) is 6.84. The van der Waals surface area contributed by atoms with Crippen molar-refractivity contribution in [3.63, 3.8) is 0 Å². The van der Waals surface area contributed by atoms with Gasteiger partial charge in [-0.1, -0.05) is 6.92 Å². The molecule has 24 heavy (non-hydrogen) atoms. The number of amides is 2. The molecule has 2 amide bonds. The monoisotopic (exact) mass is 332 g/mol. The largest absolute Gasteiger partial charge is 0.352 e. The molecule has 1 aliphatic rings. The van der Waals surface area contributed by atoms with E-state index in [1.54, 1.807) is 12.1 Å². The number of hydrogen-bond acceptors (Lipinski definition) is 4. The standard InChI is InChI=1S/C18H28N4O2/c1-14-6-4-11-22(13-14)18(24)16-12-15(7-9-19-16)17(23)20-8-5-10-21(2)3/h7,9,12,14H,4-6,8,10-11,13H2,1-3H3,(H,20,23). The Labute approximate surface area is 144 Å². The topological polar surface area (TPSA) is 65.5 Å². The highest BCUT2D eigenvalue weighted by molar-refractivity contribution is 5.98. The van der Waals surface area contributed by atoms with Crippen LogP contribution in [0.4, 0.5) is 0 Å². The van der Waals surface area contributed by atoms with Crippen LogP contribution in [0.2, 0.25) is 0 Å². The quantitative estimate of drug-likeness (QED) is 0.804. The number of nitrogens with zero attached hydrogens (tertiary/aromatic N) is 3. The number of carbonyl (C=O) groups is 2. The maximum absolute atomic E-state index is 12.6. The highest BCUT2D eigenvalue weighted by atomic mass is 16.2. The third-order valence-corrected chi connectivity index (χ3v) is 4.25. The summed E-state index contributed by atoms with van der Waals surface area (Å²) in [5.74, 6) is 0.284.